The number of esters is 1. The fraction of sp³-hybridized carbons (Fsp3) is 0.211. The standard InChI is InChI=1S/C19H19N3O3/c1-13-9-21-18(25-13)12-24-19(23)16-8-15(10-20-11-16)14-4-6-17(7-5-14)22(2)3/h4-11H,12H2,1-3H3. The van der Waals surface area contributed by atoms with Crippen LogP contribution >= 0.6 is 0 Å². The smallest absolute Gasteiger partial charge is 0.340 e. The first-order chi connectivity index (χ1) is 12.0. The molecule has 25 heavy (non-hydrogen) atoms. The van der Waals surface area contributed by atoms with Crippen LogP contribution < -0.4 is 4.90 Å². The summed E-state index contributed by atoms with van der Waals surface area (Å²) >= 11 is 0. The van der Waals surface area contributed by atoms with Crippen molar-refractivity contribution in [1.29, 1.82) is 0 Å². The summed E-state index contributed by atoms with van der Waals surface area (Å²) in [5, 5.41) is 0. The molecule has 3 aromatic rings. The van der Waals surface area contributed by atoms with Gasteiger partial charge in [0.15, 0.2) is 6.61 Å². The van der Waals surface area contributed by atoms with Crippen LogP contribution in [-0.4, -0.2) is 30.0 Å². The molecule has 0 amide bonds. The molecule has 2 heterocycles. The number of aryl methyl sites for hydroxylation is 1. The van der Waals surface area contributed by atoms with E-state index in [2.05, 4.69) is 9.97 Å². The molecule has 0 aliphatic carbocycles. The number of carbonyl (C=O) groups is 1. The van der Waals surface area contributed by atoms with Gasteiger partial charge in [-0.05, 0) is 30.7 Å². The van der Waals surface area contributed by atoms with E-state index in [4.69, 9.17) is 9.15 Å². The Bertz CT molecular complexity index is 870. The summed E-state index contributed by atoms with van der Waals surface area (Å²) in [6, 6.07) is 9.80. The van der Waals surface area contributed by atoms with Gasteiger partial charge in [-0.2, -0.15) is 0 Å². The zero-order valence-electron chi connectivity index (χ0n) is 14.4. The normalized spacial score (nSPS) is 10.5. The second-order valence-corrected chi connectivity index (χ2v) is 5.84. The van der Waals surface area contributed by atoms with E-state index in [0.29, 0.717) is 17.2 Å². The lowest BCUT2D eigenvalue weighted by Gasteiger charge is -2.12. The Morgan fingerprint density at radius 1 is 1.12 bits per heavy atom. The zero-order chi connectivity index (χ0) is 17.8. The molecule has 0 aliphatic heterocycles. The number of hydrogen-bond donors (Lipinski definition) is 0. The molecule has 0 atom stereocenters. The van der Waals surface area contributed by atoms with E-state index in [1.165, 1.54) is 6.20 Å². The average molecular weight is 337 g/mol. The summed E-state index contributed by atoms with van der Waals surface area (Å²) in [7, 11) is 3.98. The molecule has 0 aliphatic rings. The molecular weight excluding hydrogens is 318 g/mol. The van der Waals surface area contributed by atoms with Crippen molar-refractivity contribution in [2.45, 2.75) is 13.5 Å². The number of rotatable bonds is 5. The van der Waals surface area contributed by atoms with Crippen molar-refractivity contribution >= 4 is 11.7 Å². The van der Waals surface area contributed by atoms with Crippen molar-refractivity contribution in [2.24, 2.45) is 0 Å². The maximum Gasteiger partial charge on any atom is 0.340 e. The minimum atomic E-state index is -0.463. The lowest BCUT2D eigenvalue weighted by atomic mass is 10.1. The number of nitrogens with zero attached hydrogens (tertiary/aromatic N) is 3. The monoisotopic (exact) mass is 337 g/mol. The fourth-order valence-corrected chi connectivity index (χ4v) is 2.34. The maximum atomic E-state index is 12.2. The molecule has 0 fully saturated rings. The SMILES string of the molecule is Cc1cnc(COC(=O)c2cncc(-c3ccc(N(C)C)cc3)c2)o1. The number of anilines is 1. The number of carbonyl (C=O) groups excluding carboxylic acids is 1. The molecule has 0 N–H and O–H groups in total. The second kappa shape index (κ2) is 7.17. The van der Waals surface area contributed by atoms with E-state index < -0.39 is 5.97 Å². The summed E-state index contributed by atoms with van der Waals surface area (Å²) in [6.07, 6.45) is 4.79. The van der Waals surface area contributed by atoms with Crippen LogP contribution in [0, 0.1) is 6.92 Å². The van der Waals surface area contributed by atoms with Crippen LogP contribution in [0.5, 0.6) is 0 Å². The Balaban J connectivity index is 1.73. The number of aromatic nitrogens is 2. The Kier molecular flexibility index (Phi) is 4.79. The first-order valence-corrected chi connectivity index (χ1v) is 7.84. The highest BCUT2D eigenvalue weighted by Gasteiger charge is 2.11. The van der Waals surface area contributed by atoms with E-state index in [1.54, 1.807) is 25.4 Å². The van der Waals surface area contributed by atoms with E-state index in [0.717, 1.165) is 16.8 Å². The Morgan fingerprint density at radius 2 is 1.88 bits per heavy atom. The summed E-state index contributed by atoms with van der Waals surface area (Å²) in [5.74, 6) is 0.584. The highest BCUT2D eigenvalue weighted by Crippen LogP contribution is 2.23. The van der Waals surface area contributed by atoms with Crippen LogP contribution in [-0.2, 0) is 11.3 Å². The molecule has 0 unspecified atom stereocenters. The topological polar surface area (TPSA) is 68.5 Å². The number of ether oxygens (including phenoxy) is 1. The van der Waals surface area contributed by atoms with Gasteiger partial charge in [0.05, 0.1) is 11.8 Å². The molecule has 0 radical (unpaired) electrons. The third-order valence-corrected chi connectivity index (χ3v) is 3.69. The lowest BCUT2D eigenvalue weighted by molar-refractivity contribution is 0.0436. The highest BCUT2D eigenvalue weighted by atomic mass is 16.5. The van der Waals surface area contributed by atoms with Gasteiger partial charge in [0.1, 0.15) is 5.76 Å². The van der Waals surface area contributed by atoms with E-state index in [9.17, 15) is 4.79 Å². The zero-order valence-corrected chi connectivity index (χ0v) is 14.4. The van der Waals surface area contributed by atoms with Crippen LogP contribution in [0.3, 0.4) is 0 Å². The molecule has 0 spiro atoms. The summed E-state index contributed by atoms with van der Waals surface area (Å²) in [5.41, 5.74) is 3.33. The Hall–Kier alpha value is -3.15. The van der Waals surface area contributed by atoms with Gasteiger partial charge in [-0.1, -0.05) is 12.1 Å². The van der Waals surface area contributed by atoms with E-state index in [1.807, 2.05) is 43.3 Å². The third-order valence-electron chi connectivity index (χ3n) is 3.69. The van der Waals surface area contributed by atoms with Gasteiger partial charge in [0, 0.05) is 37.7 Å². The number of oxazole rings is 1. The minimum absolute atomic E-state index is 0.00552. The van der Waals surface area contributed by atoms with Crippen molar-refractivity contribution in [3.8, 4) is 11.1 Å². The van der Waals surface area contributed by atoms with Crippen LogP contribution in [0.15, 0.2) is 53.3 Å². The maximum absolute atomic E-state index is 12.2. The molecule has 0 bridgehead atoms. The summed E-state index contributed by atoms with van der Waals surface area (Å²) in [4.78, 5) is 22.4. The first-order valence-electron chi connectivity index (χ1n) is 7.84. The van der Waals surface area contributed by atoms with Crippen molar-refractivity contribution < 1.29 is 13.9 Å². The quantitative estimate of drug-likeness (QED) is 0.664. The van der Waals surface area contributed by atoms with Gasteiger partial charge in [-0.15, -0.1) is 0 Å². The van der Waals surface area contributed by atoms with Crippen molar-refractivity contribution in [2.75, 3.05) is 19.0 Å². The molecule has 3 rings (SSSR count). The van der Waals surface area contributed by atoms with Crippen molar-refractivity contribution in [1.82, 2.24) is 9.97 Å². The summed E-state index contributed by atoms with van der Waals surface area (Å²) < 4.78 is 10.5. The van der Waals surface area contributed by atoms with Gasteiger partial charge in [0.2, 0.25) is 5.89 Å². The van der Waals surface area contributed by atoms with Gasteiger partial charge < -0.3 is 14.1 Å². The number of pyridine rings is 1. The van der Waals surface area contributed by atoms with E-state index >= 15 is 0 Å². The van der Waals surface area contributed by atoms with Crippen molar-refractivity contribution in [3.05, 3.63) is 66.1 Å². The molecule has 1 aromatic carbocycles. The lowest BCUT2D eigenvalue weighted by Crippen LogP contribution is -2.08. The van der Waals surface area contributed by atoms with Crippen molar-refractivity contribution in [3.63, 3.8) is 0 Å². The van der Waals surface area contributed by atoms with Crippen LogP contribution in [0.1, 0.15) is 22.0 Å². The minimum Gasteiger partial charge on any atom is -0.452 e. The molecular formula is C19H19N3O3. The second-order valence-electron chi connectivity index (χ2n) is 5.84. The predicted octanol–water partition coefficient (Wildman–Crippen LogP) is 3.47. The number of benzene rings is 1. The summed E-state index contributed by atoms with van der Waals surface area (Å²) in [6.45, 7) is 1.78. The molecule has 2 aromatic heterocycles. The molecule has 6 nitrogen and oxygen atoms in total. The fourth-order valence-electron chi connectivity index (χ4n) is 2.34. The highest BCUT2D eigenvalue weighted by molar-refractivity contribution is 5.90. The molecule has 128 valence electrons. The van der Waals surface area contributed by atoms with Gasteiger partial charge in [-0.25, -0.2) is 9.78 Å². The molecule has 6 heteroatoms. The van der Waals surface area contributed by atoms with Crippen LogP contribution in [0.25, 0.3) is 11.1 Å². The Labute approximate surface area is 146 Å². The Morgan fingerprint density at radius 3 is 2.52 bits per heavy atom. The van der Waals surface area contributed by atoms with E-state index in [-0.39, 0.29) is 6.61 Å². The van der Waals surface area contributed by atoms with Gasteiger partial charge in [-0.3, -0.25) is 4.98 Å². The number of hydrogen-bond acceptors (Lipinski definition) is 6. The van der Waals surface area contributed by atoms with Crippen LogP contribution in [0.2, 0.25) is 0 Å². The van der Waals surface area contributed by atoms with Crippen LogP contribution in [0.4, 0.5) is 5.69 Å². The third kappa shape index (κ3) is 4.03. The molecule has 0 saturated carbocycles. The van der Waals surface area contributed by atoms with Gasteiger partial charge >= 0.3 is 5.97 Å². The largest absolute Gasteiger partial charge is 0.452 e. The van der Waals surface area contributed by atoms with Gasteiger partial charge in [0.25, 0.3) is 0 Å². The average Bonchev–Trinajstić information content (AvgIpc) is 3.05. The molecule has 0 saturated heterocycles. The first kappa shape index (κ1) is 16.7. The predicted molar refractivity (Wildman–Crippen MR) is 94.4 cm³/mol.